The molecule has 0 radical (unpaired) electrons. The summed E-state index contributed by atoms with van der Waals surface area (Å²) in [7, 11) is 0. The second-order valence-electron chi connectivity index (χ2n) is 4.84. The molecule has 17 heavy (non-hydrogen) atoms. The van der Waals surface area contributed by atoms with E-state index in [4.69, 9.17) is 9.47 Å². The van der Waals surface area contributed by atoms with Crippen LogP contribution in [-0.2, 0) is 11.2 Å². The number of carbonyl (C=O) groups excluding carboxylic acids is 1. The molecule has 2 aliphatic heterocycles. The molecule has 2 aliphatic rings. The van der Waals surface area contributed by atoms with Gasteiger partial charge in [-0.1, -0.05) is 6.92 Å². The number of ether oxygens (including phenoxy) is 2. The minimum Gasteiger partial charge on any atom is -0.493 e. The van der Waals surface area contributed by atoms with E-state index in [-0.39, 0.29) is 11.9 Å². The third kappa shape index (κ3) is 1.84. The van der Waals surface area contributed by atoms with E-state index in [1.807, 2.05) is 18.2 Å². The standard InChI is InChI=1S/C14H16O3/c1-9-4-6-17-14(9)13(15)11-2-3-12-10(8-11)5-7-16-12/h2-3,8-9,14H,4-7H2,1H3. The van der Waals surface area contributed by atoms with Gasteiger partial charge in [0.15, 0.2) is 5.78 Å². The molecule has 2 atom stereocenters. The number of hydrogen-bond donors (Lipinski definition) is 0. The zero-order chi connectivity index (χ0) is 11.8. The van der Waals surface area contributed by atoms with Crippen molar-refractivity contribution in [2.45, 2.75) is 25.9 Å². The summed E-state index contributed by atoms with van der Waals surface area (Å²) in [4.78, 5) is 12.3. The summed E-state index contributed by atoms with van der Waals surface area (Å²) in [6.07, 6.45) is 1.62. The maximum atomic E-state index is 12.3. The van der Waals surface area contributed by atoms with Crippen LogP contribution in [0.2, 0.25) is 0 Å². The third-order valence-corrected chi connectivity index (χ3v) is 3.62. The fourth-order valence-electron chi connectivity index (χ4n) is 2.53. The van der Waals surface area contributed by atoms with Crippen molar-refractivity contribution in [3.05, 3.63) is 29.3 Å². The quantitative estimate of drug-likeness (QED) is 0.733. The second-order valence-corrected chi connectivity index (χ2v) is 4.84. The highest BCUT2D eigenvalue weighted by atomic mass is 16.5. The van der Waals surface area contributed by atoms with Crippen LogP contribution in [0, 0.1) is 5.92 Å². The monoisotopic (exact) mass is 232 g/mol. The molecule has 0 amide bonds. The van der Waals surface area contributed by atoms with Gasteiger partial charge in [0.2, 0.25) is 0 Å². The average Bonchev–Trinajstić information content (AvgIpc) is 2.95. The lowest BCUT2D eigenvalue weighted by molar-refractivity contribution is 0.0579. The lowest BCUT2D eigenvalue weighted by atomic mass is 9.95. The average molecular weight is 232 g/mol. The summed E-state index contributed by atoms with van der Waals surface area (Å²) >= 11 is 0. The van der Waals surface area contributed by atoms with Gasteiger partial charge in [0.1, 0.15) is 11.9 Å². The number of carbonyl (C=O) groups is 1. The summed E-state index contributed by atoms with van der Waals surface area (Å²) in [5.74, 6) is 1.36. The van der Waals surface area contributed by atoms with Gasteiger partial charge in [-0.05, 0) is 36.1 Å². The molecule has 0 bridgehead atoms. The molecule has 0 spiro atoms. The van der Waals surface area contributed by atoms with Crippen molar-refractivity contribution in [3.8, 4) is 5.75 Å². The molecule has 0 saturated carbocycles. The molecule has 1 aromatic rings. The molecule has 2 unspecified atom stereocenters. The van der Waals surface area contributed by atoms with Crippen LogP contribution in [0.25, 0.3) is 0 Å². The summed E-state index contributed by atoms with van der Waals surface area (Å²) in [6.45, 7) is 3.50. The van der Waals surface area contributed by atoms with Gasteiger partial charge < -0.3 is 9.47 Å². The second kappa shape index (κ2) is 4.15. The highest BCUT2D eigenvalue weighted by molar-refractivity contribution is 6.00. The summed E-state index contributed by atoms with van der Waals surface area (Å²) < 4.78 is 11.0. The summed E-state index contributed by atoms with van der Waals surface area (Å²) in [5.41, 5.74) is 1.90. The first-order valence-corrected chi connectivity index (χ1v) is 6.17. The molecule has 1 aromatic carbocycles. The van der Waals surface area contributed by atoms with E-state index >= 15 is 0 Å². The molecule has 1 saturated heterocycles. The highest BCUT2D eigenvalue weighted by Gasteiger charge is 2.31. The Hall–Kier alpha value is -1.35. The fourth-order valence-corrected chi connectivity index (χ4v) is 2.53. The Morgan fingerprint density at radius 3 is 3.00 bits per heavy atom. The normalized spacial score (nSPS) is 26.6. The number of fused-ring (bicyclic) bond motifs is 1. The van der Waals surface area contributed by atoms with Gasteiger partial charge in [0.05, 0.1) is 6.61 Å². The van der Waals surface area contributed by atoms with Crippen LogP contribution in [0.3, 0.4) is 0 Å². The summed E-state index contributed by atoms with van der Waals surface area (Å²) in [6, 6.07) is 5.70. The van der Waals surface area contributed by atoms with E-state index in [9.17, 15) is 4.79 Å². The Balaban J connectivity index is 1.86. The van der Waals surface area contributed by atoms with E-state index < -0.39 is 0 Å². The van der Waals surface area contributed by atoms with Gasteiger partial charge in [0.25, 0.3) is 0 Å². The van der Waals surface area contributed by atoms with Gasteiger partial charge in [-0.25, -0.2) is 0 Å². The Bertz CT molecular complexity index is 453. The predicted octanol–water partition coefficient (Wildman–Crippen LogP) is 2.23. The van der Waals surface area contributed by atoms with Gasteiger partial charge >= 0.3 is 0 Å². The van der Waals surface area contributed by atoms with Crippen molar-refractivity contribution >= 4 is 5.78 Å². The van der Waals surface area contributed by atoms with E-state index in [0.717, 1.165) is 36.3 Å². The molecule has 0 aromatic heterocycles. The van der Waals surface area contributed by atoms with Crippen LogP contribution in [-0.4, -0.2) is 25.1 Å². The fraction of sp³-hybridized carbons (Fsp3) is 0.500. The Morgan fingerprint density at radius 1 is 1.35 bits per heavy atom. The van der Waals surface area contributed by atoms with Crippen LogP contribution in [0.5, 0.6) is 5.75 Å². The van der Waals surface area contributed by atoms with Gasteiger partial charge in [-0.3, -0.25) is 4.79 Å². The van der Waals surface area contributed by atoms with Gasteiger partial charge in [-0.15, -0.1) is 0 Å². The molecule has 3 nitrogen and oxygen atoms in total. The number of Topliss-reactive ketones (excluding diaryl/α,β-unsaturated/α-hetero) is 1. The Labute approximate surface area is 101 Å². The first-order valence-electron chi connectivity index (χ1n) is 6.17. The molecule has 2 heterocycles. The molecule has 0 N–H and O–H groups in total. The van der Waals surface area contributed by atoms with E-state index in [1.165, 1.54) is 0 Å². The maximum Gasteiger partial charge on any atom is 0.191 e. The van der Waals surface area contributed by atoms with E-state index in [1.54, 1.807) is 0 Å². The highest BCUT2D eigenvalue weighted by Crippen LogP contribution is 2.29. The minimum atomic E-state index is -0.254. The molecule has 3 heteroatoms. The topological polar surface area (TPSA) is 35.5 Å². The van der Waals surface area contributed by atoms with E-state index in [0.29, 0.717) is 12.5 Å². The van der Waals surface area contributed by atoms with Crippen LogP contribution >= 0.6 is 0 Å². The van der Waals surface area contributed by atoms with Crippen LogP contribution < -0.4 is 4.74 Å². The summed E-state index contributed by atoms with van der Waals surface area (Å²) in [5, 5.41) is 0. The predicted molar refractivity (Wildman–Crippen MR) is 63.5 cm³/mol. The number of benzene rings is 1. The number of rotatable bonds is 2. The lowest BCUT2D eigenvalue weighted by Crippen LogP contribution is -2.25. The SMILES string of the molecule is CC1CCOC1C(=O)c1ccc2c(c1)CCO2. The maximum absolute atomic E-state index is 12.3. The first-order chi connectivity index (χ1) is 8.25. The molecule has 90 valence electrons. The molecule has 1 fully saturated rings. The lowest BCUT2D eigenvalue weighted by Gasteiger charge is -2.13. The zero-order valence-electron chi connectivity index (χ0n) is 9.94. The number of hydrogen-bond acceptors (Lipinski definition) is 3. The minimum absolute atomic E-state index is 0.115. The molecular formula is C14H16O3. The number of ketones is 1. The first kappa shape index (κ1) is 10.8. The molecule has 0 aliphatic carbocycles. The smallest absolute Gasteiger partial charge is 0.191 e. The Kier molecular flexibility index (Phi) is 2.63. The van der Waals surface area contributed by atoms with Crippen LogP contribution in [0.1, 0.15) is 29.3 Å². The van der Waals surface area contributed by atoms with Crippen molar-refractivity contribution in [3.63, 3.8) is 0 Å². The van der Waals surface area contributed by atoms with Crippen LogP contribution in [0.4, 0.5) is 0 Å². The van der Waals surface area contributed by atoms with Crippen molar-refractivity contribution < 1.29 is 14.3 Å². The Morgan fingerprint density at radius 2 is 2.24 bits per heavy atom. The van der Waals surface area contributed by atoms with Crippen LogP contribution in [0.15, 0.2) is 18.2 Å². The van der Waals surface area contributed by atoms with Crippen molar-refractivity contribution in [1.82, 2.24) is 0 Å². The largest absolute Gasteiger partial charge is 0.493 e. The molecular weight excluding hydrogens is 216 g/mol. The molecule has 3 rings (SSSR count). The van der Waals surface area contributed by atoms with Gasteiger partial charge in [0, 0.05) is 18.6 Å². The zero-order valence-corrected chi connectivity index (χ0v) is 9.94. The van der Waals surface area contributed by atoms with E-state index in [2.05, 4.69) is 6.92 Å². The third-order valence-electron chi connectivity index (χ3n) is 3.62. The van der Waals surface area contributed by atoms with Crippen molar-refractivity contribution in [2.75, 3.05) is 13.2 Å². The van der Waals surface area contributed by atoms with Crippen molar-refractivity contribution in [1.29, 1.82) is 0 Å². The van der Waals surface area contributed by atoms with Gasteiger partial charge in [-0.2, -0.15) is 0 Å². The van der Waals surface area contributed by atoms with Crippen molar-refractivity contribution in [2.24, 2.45) is 5.92 Å².